The van der Waals surface area contributed by atoms with Crippen LogP contribution in [-0.4, -0.2) is 23.3 Å². The van der Waals surface area contributed by atoms with Crippen LogP contribution < -0.4 is 10.2 Å². The third-order valence-corrected chi connectivity index (χ3v) is 4.40. The summed E-state index contributed by atoms with van der Waals surface area (Å²) in [4.78, 5) is 30.5. The van der Waals surface area contributed by atoms with Crippen molar-refractivity contribution in [1.29, 1.82) is 0 Å². The number of carbonyl (C=O) groups excluding carboxylic acids is 2. The highest BCUT2D eigenvalue weighted by atomic mass is 16.2. The number of hydrogen-bond acceptors (Lipinski definition) is 3. The molecular weight excluding hydrogens is 314 g/mol. The summed E-state index contributed by atoms with van der Waals surface area (Å²) in [6.07, 6.45) is 3.14. The number of pyridine rings is 1. The number of nitrogens with zero attached hydrogens (tertiary/aromatic N) is 2. The van der Waals surface area contributed by atoms with E-state index in [1.807, 2.05) is 48.5 Å². The van der Waals surface area contributed by atoms with Gasteiger partial charge in [0.25, 0.3) is 5.91 Å². The van der Waals surface area contributed by atoms with E-state index in [4.69, 9.17) is 0 Å². The lowest BCUT2D eigenvalue weighted by Gasteiger charge is -2.16. The quantitative estimate of drug-likeness (QED) is 0.797. The summed E-state index contributed by atoms with van der Waals surface area (Å²) in [6.45, 7) is 0.757. The highest BCUT2D eigenvalue weighted by molar-refractivity contribution is 6.12. The number of nitrogens with one attached hydrogen (secondary N) is 1. The van der Waals surface area contributed by atoms with Crippen LogP contribution in [0.3, 0.4) is 0 Å². The minimum Gasteiger partial charge on any atom is -0.322 e. The third kappa shape index (κ3) is 2.96. The number of benzene rings is 2. The molecule has 25 heavy (non-hydrogen) atoms. The van der Waals surface area contributed by atoms with Crippen molar-refractivity contribution in [2.75, 3.05) is 16.8 Å². The number of fused-ring (bicyclic) bond motifs is 1. The van der Waals surface area contributed by atoms with Crippen LogP contribution in [0.15, 0.2) is 60.8 Å². The first-order valence-corrected chi connectivity index (χ1v) is 8.28. The Morgan fingerprint density at radius 1 is 1.04 bits per heavy atom. The average molecular weight is 331 g/mol. The minimum absolute atomic E-state index is 0.153. The number of hydrogen-bond donors (Lipinski definition) is 1. The lowest BCUT2D eigenvalue weighted by atomic mass is 10.1. The van der Waals surface area contributed by atoms with Gasteiger partial charge in [0.05, 0.1) is 11.1 Å². The van der Waals surface area contributed by atoms with Gasteiger partial charge in [-0.2, -0.15) is 0 Å². The summed E-state index contributed by atoms with van der Waals surface area (Å²) in [7, 11) is 0. The molecule has 1 aliphatic heterocycles. The number of aromatic nitrogens is 1. The van der Waals surface area contributed by atoms with Crippen LogP contribution in [0.1, 0.15) is 23.2 Å². The molecular formula is C20H17N3O2. The maximum absolute atomic E-state index is 12.6. The van der Waals surface area contributed by atoms with Gasteiger partial charge in [0.15, 0.2) is 0 Å². The molecule has 2 amide bonds. The molecule has 2 aromatic carbocycles. The van der Waals surface area contributed by atoms with Crippen molar-refractivity contribution in [2.24, 2.45) is 0 Å². The van der Waals surface area contributed by atoms with E-state index < -0.39 is 0 Å². The molecule has 0 unspecified atom stereocenters. The molecule has 0 spiro atoms. The maximum Gasteiger partial charge on any atom is 0.256 e. The summed E-state index contributed by atoms with van der Waals surface area (Å²) in [5.74, 6) is -0.0244. The number of para-hydroxylation sites is 1. The standard InChI is InChI=1S/C20H17N3O2/c24-19-6-3-13-23(19)15-9-7-14(8-10-15)22-20(25)17-11-12-21-18-5-2-1-4-16(17)18/h1-2,4-5,7-12H,3,6,13H2,(H,22,25). The first-order chi connectivity index (χ1) is 12.2. The van der Waals surface area contributed by atoms with Crippen molar-refractivity contribution >= 4 is 34.1 Å². The van der Waals surface area contributed by atoms with Crippen LogP contribution >= 0.6 is 0 Å². The Bertz CT molecular complexity index is 945. The molecule has 3 aromatic rings. The van der Waals surface area contributed by atoms with Gasteiger partial charge >= 0.3 is 0 Å². The average Bonchev–Trinajstić information content (AvgIpc) is 3.08. The van der Waals surface area contributed by atoms with E-state index in [-0.39, 0.29) is 11.8 Å². The second-order valence-electron chi connectivity index (χ2n) is 6.03. The largest absolute Gasteiger partial charge is 0.322 e. The van der Waals surface area contributed by atoms with Crippen molar-refractivity contribution in [3.63, 3.8) is 0 Å². The molecule has 0 atom stereocenters. The number of carbonyl (C=O) groups is 2. The Hall–Kier alpha value is -3.21. The summed E-state index contributed by atoms with van der Waals surface area (Å²) < 4.78 is 0. The van der Waals surface area contributed by atoms with Crippen molar-refractivity contribution in [3.05, 3.63) is 66.4 Å². The molecule has 124 valence electrons. The molecule has 1 fully saturated rings. The van der Waals surface area contributed by atoms with Gasteiger partial charge in [-0.15, -0.1) is 0 Å². The molecule has 0 bridgehead atoms. The Labute approximate surface area is 145 Å². The smallest absolute Gasteiger partial charge is 0.256 e. The molecule has 0 saturated carbocycles. The predicted octanol–water partition coefficient (Wildman–Crippen LogP) is 3.61. The fourth-order valence-corrected chi connectivity index (χ4v) is 3.14. The van der Waals surface area contributed by atoms with Gasteiger partial charge in [-0.1, -0.05) is 18.2 Å². The summed E-state index contributed by atoms with van der Waals surface area (Å²) in [5, 5.41) is 3.73. The van der Waals surface area contributed by atoms with Gasteiger partial charge < -0.3 is 10.2 Å². The van der Waals surface area contributed by atoms with E-state index in [2.05, 4.69) is 10.3 Å². The van der Waals surface area contributed by atoms with Crippen LogP contribution in [0, 0.1) is 0 Å². The van der Waals surface area contributed by atoms with E-state index in [1.165, 1.54) is 0 Å². The molecule has 0 radical (unpaired) electrons. The number of rotatable bonds is 3. The topological polar surface area (TPSA) is 62.3 Å². The molecule has 1 aliphatic rings. The van der Waals surface area contributed by atoms with Crippen LogP contribution in [-0.2, 0) is 4.79 Å². The van der Waals surface area contributed by atoms with E-state index in [0.29, 0.717) is 17.7 Å². The molecule has 1 saturated heterocycles. The fourth-order valence-electron chi connectivity index (χ4n) is 3.14. The van der Waals surface area contributed by atoms with Crippen LogP contribution in [0.25, 0.3) is 10.9 Å². The van der Waals surface area contributed by atoms with E-state index in [9.17, 15) is 9.59 Å². The van der Waals surface area contributed by atoms with E-state index in [0.717, 1.165) is 29.6 Å². The molecule has 1 aromatic heterocycles. The summed E-state index contributed by atoms with van der Waals surface area (Å²) in [5.41, 5.74) is 2.94. The lowest BCUT2D eigenvalue weighted by Crippen LogP contribution is -2.23. The van der Waals surface area contributed by atoms with Gasteiger partial charge in [0.1, 0.15) is 0 Å². The highest BCUT2D eigenvalue weighted by Crippen LogP contribution is 2.24. The zero-order valence-electron chi connectivity index (χ0n) is 13.6. The van der Waals surface area contributed by atoms with Crippen molar-refractivity contribution in [1.82, 2.24) is 4.98 Å². The second-order valence-corrected chi connectivity index (χ2v) is 6.03. The maximum atomic E-state index is 12.6. The molecule has 0 aliphatic carbocycles. The predicted molar refractivity (Wildman–Crippen MR) is 97.7 cm³/mol. The van der Waals surface area contributed by atoms with Crippen LogP contribution in [0.5, 0.6) is 0 Å². The number of amides is 2. The zero-order valence-corrected chi connectivity index (χ0v) is 13.6. The van der Waals surface area contributed by atoms with Crippen molar-refractivity contribution in [2.45, 2.75) is 12.8 Å². The Morgan fingerprint density at radius 2 is 1.84 bits per heavy atom. The van der Waals surface area contributed by atoms with Gasteiger partial charge in [0, 0.05) is 35.9 Å². The third-order valence-electron chi connectivity index (χ3n) is 4.40. The van der Waals surface area contributed by atoms with Crippen molar-refractivity contribution in [3.8, 4) is 0 Å². The van der Waals surface area contributed by atoms with Crippen molar-refractivity contribution < 1.29 is 9.59 Å². The second kappa shape index (κ2) is 6.36. The normalized spacial score (nSPS) is 14.1. The molecule has 2 heterocycles. The first kappa shape index (κ1) is 15.3. The fraction of sp³-hybridized carbons (Fsp3) is 0.150. The van der Waals surface area contributed by atoms with E-state index >= 15 is 0 Å². The van der Waals surface area contributed by atoms with Crippen LogP contribution in [0.4, 0.5) is 11.4 Å². The molecule has 4 rings (SSSR count). The summed E-state index contributed by atoms with van der Waals surface area (Å²) >= 11 is 0. The SMILES string of the molecule is O=C(Nc1ccc(N2CCCC2=O)cc1)c1ccnc2ccccc12. The Morgan fingerprint density at radius 3 is 2.60 bits per heavy atom. The highest BCUT2D eigenvalue weighted by Gasteiger charge is 2.21. The monoisotopic (exact) mass is 331 g/mol. The van der Waals surface area contributed by atoms with Gasteiger partial charge in [-0.25, -0.2) is 0 Å². The zero-order chi connectivity index (χ0) is 17.2. The minimum atomic E-state index is -0.177. The van der Waals surface area contributed by atoms with Gasteiger partial charge in [-0.05, 0) is 42.8 Å². The van der Waals surface area contributed by atoms with Gasteiger partial charge in [0.2, 0.25) is 5.91 Å². The Balaban J connectivity index is 1.55. The van der Waals surface area contributed by atoms with E-state index in [1.54, 1.807) is 17.2 Å². The molecule has 5 heteroatoms. The van der Waals surface area contributed by atoms with Crippen LogP contribution in [0.2, 0.25) is 0 Å². The molecule has 5 nitrogen and oxygen atoms in total. The van der Waals surface area contributed by atoms with Gasteiger partial charge in [-0.3, -0.25) is 14.6 Å². The molecule has 1 N–H and O–H groups in total. The lowest BCUT2D eigenvalue weighted by molar-refractivity contribution is -0.117. The number of anilines is 2. The first-order valence-electron chi connectivity index (χ1n) is 8.28. The summed E-state index contributed by atoms with van der Waals surface area (Å²) in [6, 6.07) is 16.7. The Kier molecular flexibility index (Phi) is 3.90.